The van der Waals surface area contributed by atoms with Crippen LogP contribution in [0, 0.1) is 0 Å². The molecule has 2 aromatic rings. The average molecular weight is 206 g/mol. The molecule has 78 valence electrons. The molecule has 15 heavy (non-hydrogen) atoms. The second kappa shape index (κ2) is 3.12. The van der Waals surface area contributed by atoms with Crippen LogP contribution >= 0.6 is 0 Å². The van der Waals surface area contributed by atoms with Crippen molar-refractivity contribution in [1.29, 1.82) is 0 Å². The lowest BCUT2D eigenvalue weighted by Gasteiger charge is -2.01. The molecule has 0 spiro atoms. The fraction of sp³-hybridized carbons (Fsp3) is 0.125. The molecule has 7 nitrogen and oxygen atoms in total. The van der Waals surface area contributed by atoms with E-state index in [0.717, 1.165) is 0 Å². The van der Waals surface area contributed by atoms with Gasteiger partial charge in [-0.1, -0.05) is 0 Å². The Labute approximate surface area is 84.4 Å². The molecule has 0 saturated carbocycles. The molecular formula is C8H10N6O. The maximum absolute atomic E-state index is 11.4. The first-order chi connectivity index (χ1) is 7.13. The summed E-state index contributed by atoms with van der Waals surface area (Å²) in [5.41, 5.74) is 11.3. The van der Waals surface area contributed by atoms with E-state index >= 15 is 0 Å². The molecule has 2 heterocycles. The van der Waals surface area contributed by atoms with Gasteiger partial charge in [0.15, 0.2) is 11.2 Å². The number of H-pyrrole nitrogens is 1. The molecule has 0 aliphatic carbocycles. The van der Waals surface area contributed by atoms with Gasteiger partial charge in [0, 0.05) is 0 Å². The third-order valence-corrected chi connectivity index (χ3v) is 2.00. The minimum atomic E-state index is -0.375. The number of aromatic nitrogens is 4. The molecule has 2 aromatic heterocycles. The normalized spacial score (nSPS) is 12.2. The number of rotatable bonds is 1. The highest BCUT2D eigenvalue weighted by molar-refractivity contribution is 5.74. The molecular weight excluding hydrogens is 196 g/mol. The van der Waals surface area contributed by atoms with Crippen LogP contribution in [0.15, 0.2) is 17.2 Å². The number of aromatic amines is 1. The van der Waals surface area contributed by atoms with Crippen molar-refractivity contribution in [3.63, 3.8) is 0 Å². The minimum Gasteiger partial charge on any atom is -0.385 e. The highest BCUT2D eigenvalue weighted by Crippen LogP contribution is 2.09. The predicted octanol–water partition coefficient (Wildman–Crippen LogP) is -0.521. The van der Waals surface area contributed by atoms with Gasteiger partial charge in [0.1, 0.15) is 12.1 Å². The van der Waals surface area contributed by atoms with E-state index in [9.17, 15) is 4.79 Å². The van der Waals surface area contributed by atoms with Gasteiger partial charge in [-0.3, -0.25) is 14.3 Å². The molecule has 0 atom stereocenters. The van der Waals surface area contributed by atoms with E-state index in [1.54, 1.807) is 13.0 Å². The van der Waals surface area contributed by atoms with E-state index in [4.69, 9.17) is 11.5 Å². The molecule has 2 rings (SSSR count). The number of hydrogen-bond acceptors (Lipinski definition) is 5. The SMILES string of the molecule is C/C=C(/N)n1cnc2c(=O)[nH]c(N)nc21. The number of nitrogens with one attached hydrogen (secondary N) is 1. The van der Waals surface area contributed by atoms with Crippen molar-refractivity contribution in [3.8, 4) is 0 Å². The molecule has 7 heteroatoms. The molecule has 0 saturated heterocycles. The Balaban J connectivity index is 2.86. The summed E-state index contributed by atoms with van der Waals surface area (Å²) in [5, 5.41) is 0. The maximum atomic E-state index is 11.4. The van der Waals surface area contributed by atoms with Crippen LogP contribution in [0.3, 0.4) is 0 Å². The first-order valence-corrected chi connectivity index (χ1v) is 4.28. The van der Waals surface area contributed by atoms with Crippen LogP contribution in [-0.4, -0.2) is 19.5 Å². The molecule has 0 radical (unpaired) electrons. The third kappa shape index (κ3) is 1.33. The number of hydrogen-bond donors (Lipinski definition) is 3. The zero-order valence-corrected chi connectivity index (χ0v) is 8.06. The van der Waals surface area contributed by atoms with Gasteiger partial charge in [-0.25, -0.2) is 4.98 Å². The Hall–Kier alpha value is -2.31. The zero-order chi connectivity index (χ0) is 11.0. The van der Waals surface area contributed by atoms with Gasteiger partial charge in [0.2, 0.25) is 5.95 Å². The highest BCUT2D eigenvalue weighted by atomic mass is 16.1. The van der Waals surface area contributed by atoms with E-state index in [1.165, 1.54) is 10.9 Å². The number of nitrogen functional groups attached to an aromatic ring is 1. The second-order valence-electron chi connectivity index (χ2n) is 2.95. The third-order valence-electron chi connectivity index (χ3n) is 2.00. The summed E-state index contributed by atoms with van der Waals surface area (Å²) >= 11 is 0. The first kappa shape index (κ1) is 9.25. The van der Waals surface area contributed by atoms with Gasteiger partial charge in [-0.2, -0.15) is 4.98 Å². The van der Waals surface area contributed by atoms with Crippen LogP contribution in [0.5, 0.6) is 0 Å². The van der Waals surface area contributed by atoms with Crippen LogP contribution in [-0.2, 0) is 0 Å². The average Bonchev–Trinajstić information content (AvgIpc) is 2.60. The zero-order valence-electron chi connectivity index (χ0n) is 8.06. The number of anilines is 1. The Morgan fingerprint density at radius 1 is 1.67 bits per heavy atom. The summed E-state index contributed by atoms with van der Waals surface area (Å²) in [6.45, 7) is 1.78. The lowest BCUT2D eigenvalue weighted by Crippen LogP contribution is -2.13. The Kier molecular flexibility index (Phi) is 1.93. The number of imidazole rings is 1. The van der Waals surface area contributed by atoms with E-state index in [0.29, 0.717) is 11.5 Å². The van der Waals surface area contributed by atoms with E-state index in [2.05, 4.69) is 15.0 Å². The monoisotopic (exact) mass is 206 g/mol. The van der Waals surface area contributed by atoms with Crippen molar-refractivity contribution in [1.82, 2.24) is 19.5 Å². The summed E-state index contributed by atoms with van der Waals surface area (Å²) in [6, 6.07) is 0. The van der Waals surface area contributed by atoms with E-state index < -0.39 is 0 Å². The lowest BCUT2D eigenvalue weighted by molar-refractivity contribution is 1.06. The topological polar surface area (TPSA) is 116 Å². The fourth-order valence-corrected chi connectivity index (χ4v) is 1.25. The summed E-state index contributed by atoms with van der Waals surface area (Å²) in [4.78, 5) is 21.6. The number of nitrogens with two attached hydrogens (primary N) is 2. The lowest BCUT2D eigenvalue weighted by atomic mass is 10.5. The van der Waals surface area contributed by atoms with Gasteiger partial charge in [-0.05, 0) is 13.0 Å². The van der Waals surface area contributed by atoms with Crippen LogP contribution in [0.1, 0.15) is 6.92 Å². The summed E-state index contributed by atoms with van der Waals surface area (Å²) in [6.07, 6.45) is 3.11. The Bertz CT molecular complexity index is 593. The van der Waals surface area contributed by atoms with Crippen LogP contribution in [0.4, 0.5) is 5.95 Å². The van der Waals surface area contributed by atoms with Gasteiger partial charge >= 0.3 is 0 Å². The second-order valence-corrected chi connectivity index (χ2v) is 2.95. The molecule has 5 N–H and O–H groups in total. The standard InChI is InChI=1S/C8H10N6O/c1-2-4(9)14-3-11-5-6(14)12-8(10)13-7(5)15/h2-3H,9H2,1H3,(H3,10,12,13,15)/b4-2-. The Morgan fingerprint density at radius 2 is 2.40 bits per heavy atom. The number of allylic oxidation sites excluding steroid dienone is 1. The van der Waals surface area contributed by atoms with Gasteiger partial charge < -0.3 is 11.5 Å². The quantitative estimate of drug-likeness (QED) is 0.580. The van der Waals surface area contributed by atoms with Crippen molar-refractivity contribution in [3.05, 3.63) is 22.8 Å². The van der Waals surface area contributed by atoms with Gasteiger partial charge in [0.25, 0.3) is 5.56 Å². The summed E-state index contributed by atoms with van der Waals surface area (Å²) in [7, 11) is 0. The van der Waals surface area contributed by atoms with Crippen molar-refractivity contribution in [2.75, 3.05) is 5.73 Å². The molecule has 0 aromatic carbocycles. The van der Waals surface area contributed by atoms with Gasteiger partial charge in [0.05, 0.1) is 0 Å². The molecule has 0 aliphatic heterocycles. The molecule has 0 unspecified atom stereocenters. The van der Waals surface area contributed by atoms with Gasteiger partial charge in [-0.15, -0.1) is 0 Å². The number of nitrogens with zero attached hydrogens (tertiary/aromatic N) is 3. The van der Waals surface area contributed by atoms with Crippen LogP contribution in [0.2, 0.25) is 0 Å². The van der Waals surface area contributed by atoms with Crippen LogP contribution in [0.25, 0.3) is 17.0 Å². The predicted molar refractivity (Wildman–Crippen MR) is 56.7 cm³/mol. The van der Waals surface area contributed by atoms with Crippen molar-refractivity contribution < 1.29 is 0 Å². The summed E-state index contributed by atoms with van der Waals surface area (Å²) in [5.74, 6) is 0.480. The number of fused-ring (bicyclic) bond motifs is 1. The minimum absolute atomic E-state index is 0.0400. The first-order valence-electron chi connectivity index (χ1n) is 4.28. The van der Waals surface area contributed by atoms with Crippen molar-refractivity contribution in [2.45, 2.75) is 6.92 Å². The molecule has 0 amide bonds. The maximum Gasteiger partial charge on any atom is 0.280 e. The highest BCUT2D eigenvalue weighted by Gasteiger charge is 2.09. The smallest absolute Gasteiger partial charge is 0.280 e. The molecule has 0 bridgehead atoms. The Morgan fingerprint density at radius 3 is 3.07 bits per heavy atom. The molecule has 0 fully saturated rings. The largest absolute Gasteiger partial charge is 0.385 e. The molecule has 0 aliphatic rings. The van der Waals surface area contributed by atoms with Crippen LogP contribution < -0.4 is 17.0 Å². The van der Waals surface area contributed by atoms with Crippen molar-refractivity contribution >= 4 is 22.9 Å². The van der Waals surface area contributed by atoms with E-state index in [1.807, 2.05) is 0 Å². The van der Waals surface area contributed by atoms with E-state index in [-0.39, 0.29) is 17.0 Å². The van der Waals surface area contributed by atoms with Crippen molar-refractivity contribution in [2.24, 2.45) is 5.73 Å². The fourth-order valence-electron chi connectivity index (χ4n) is 1.25. The summed E-state index contributed by atoms with van der Waals surface area (Å²) < 4.78 is 1.50.